The van der Waals surface area contributed by atoms with Gasteiger partial charge in [-0.2, -0.15) is 5.26 Å². The normalized spacial score (nSPS) is 10.5. The van der Waals surface area contributed by atoms with Crippen molar-refractivity contribution in [3.05, 3.63) is 54.0 Å². The SMILES string of the molecule is CSc1c(Oc2cccc(C#N)c2)c(F)cc2[nH]ccc12. The van der Waals surface area contributed by atoms with Gasteiger partial charge in [-0.15, -0.1) is 11.8 Å². The van der Waals surface area contributed by atoms with Crippen LogP contribution in [0.25, 0.3) is 10.9 Å². The van der Waals surface area contributed by atoms with Crippen molar-refractivity contribution in [3.63, 3.8) is 0 Å². The maximum atomic E-state index is 14.3. The van der Waals surface area contributed by atoms with Crippen molar-refractivity contribution in [2.75, 3.05) is 6.26 Å². The molecular weight excluding hydrogens is 287 g/mol. The molecule has 0 spiro atoms. The first-order valence-electron chi connectivity index (χ1n) is 6.24. The molecule has 0 aliphatic heterocycles. The predicted molar refractivity (Wildman–Crippen MR) is 81.3 cm³/mol. The van der Waals surface area contributed by atoms with E-state index in [1.807, 2.05) is 18.4 Å². The van der Waals surface area contributed by atoms with Gasteiger partial charge in [0.25, 0.3) is 0 Å². The lowest BCUT2D eigenvalue weighted by Crippen LogP contribution is -1.92. The highest BCUT2D eigenvalue weighted by Crippen LogP contribution is 2.39. The molecule has 0 saturated carbocycles. The van der Waals surface area contributed by atoms with Crippen LogP contribution in [0.4, 0.5) is 4.39 Å². The Bertz CT molecular complexity index is 851. The van der Waals surface area contributed by atoms with Crippen molar-refractivity contribution in [2.45, 2.75) is 4.90 Å². The average molecular weight is 298 g/mol. The summed E-state index contributed by atoms with van der Waals surface area (Å²) >= 11 is 1.42. The van der Waals surface area contributed by atoms with E-state index in [0.29, 0.717) is 11.3 Å². The summed E-state index contributed by atoms with van der Waals surface area (Å²) in [5, 5.41) is 9.82. The Kier molecular flexibility index (Phi) is 3.55. The average Bonchev–Trinajstić information content (AvgIpc) is 2.96. The fourth-order valence-electron chi connectivity index (χ4n) is 2.17. The molecule has 0 atom stereocenters. The topological polar surface area (TPSA) is 48.8 Å². The van der Waals surface area contributed by atoms with Crippen LogP contribution in [0.15, 0.2) is 47.5 Å². The summed E-state index contributed by atoms with van der Waals surface area (Å²) < 4.78 is 20.0. The molecule has 3 rings (SSSR count). The zero-order valence-corrected chi connectivity index (χ0v) is 12.0. The Morgan fingerprint density at radius 1 is 1.29 bits per heavy atom. The van der Waals surface area contributed by atoms with Crippen molar-refractivity contribution in [1.82, 2.24) is 4.98 Å². The van der Waals surface area contributed by atoms with E-state index in [9.17, 15) is 4.39 Å². The molecule has 5 heteroatoms. The van der Waals surface area contributed by atoms with E-state index in [2.05, 4.69) is 4.98 Å². The van der Waals surface area contributed by atoms with Gasteiger partial charge in [-0.25, -0.2) is 4.39 Å². The predicted octanol–water partition coefficient (Wildman–Crippen LogP) is 4.69. The number of hydrogen-bond acceptors (Lipinski definition) is 3. The van der Waals surface area contributed by atoms with E-state index in [1.165, 1.54) is 17.8 Å². The smallest absolute Gasteiger partial charge is 0.177 e. The van der Waals surface area contributed by atoms with E-state index in [4.69, 9.17) is 10.00 Å². The van der Waals surface area contributed by atoms with Gasteiger partial charge in [-0.05, 0) is 30.5 Å². The number of H-pyrrole nitrogens is 1. The van der Waals surface area contributed by atoms with Crippen LogP contribution in [0, 0.1) is 17.1 Å². The fraction of sp³-hybridized carbons (Fsp3) is 0.0625. The lowest BCUT2D eigenvalue weighted by atomic mass is 10.2. The summed E-state index contributed by atoms with van der Waals surface area (Å²) in [5.41, 5.74) is 1.20. The van der Waals surface area contributed by atoms with Crippen LogP contribution in [0.1, 0.15) is 5.56 Å². The Morgan fingerprint density at radius 3 is 2.90 bits per heavy atom. The summed E-state index contributed by atoms with van der Waals surface area (Å²) in [4.78, 5) is 3.72. The van der Waals surface area contributed by atoms with E-state index in [1.54, 1.807) is 30.5 Å². The zero-order valence-electron chi connectivity index (χ0n) is 11.2. The number of benzene rings is 2. The first-order chi connectivity index (χ1) is 10.2. The van der Waals surface area contributed by atoms with Crippen LogP contribution in [0.2, 0.25) is 0 Å². The summed E-state index contributed by atoms with van der Waals surface area (Å²) in [6, 6.07) is 12.0. The van der Waals surface area contributed by atoms with Gasteiger partial charge in [0.1, 0.15) is 5.75 Å². The highest BCUT2D eigenvalue weighted by Gasteiger charge is 2.16. The van der Waals surface area contributed by atoms with E-state index >= 15 is 0 Å². The van der Waals surface area contributed by atoms with Gasteiger partial charge in [0.05, 0.1) is 16.5 Å². The van der Waals surface area contributed by atoms with Crippen molar-refractivity contribution in [3.8, 4) is 17.6 Å². The standard InChI is InChI=1S/C16H11FN2OS/c1-21-16-12-5-6-19-14(12)8-13(17)15(16)20-11-4-2-3-10(7-11)9-18/h2-8,19H,1H3. The number of aromatic amines is 1. The number of rotatable bonds is 3. The number of aromatic nitrogens is 1. The lowest BCUT2D eigenvalue weighted by Gasteiger charge is -2.12. The molecule has 0 aliphatic carbocycles. The number of halogens is 1. The summed E-state index contributed by atoms with van der Waals surface area (Å²) in [7, 11) is 0. The fourth-order valence-corrected chi connectivity index (χ4v) is 2.89. The van der Waals surface area contributed by atoms with Crippen molar-refractivity contribution >= 4 is 22.7 Å². The molecule has 3 aromatic rings. The van der Waals surface area contributed by atoms with Crippen LogP contribution >= 0.6 is 11.8 Å². The van der Waals surface area contributed by atoms with Crippen LogP contribution in [0.3, 0.4) is 0 Å². The third kappa shape index (κ3) is 2.46. The molecule has 104 valence electrons. The Morgan fingerprint density at radius 2 is 2.14 bits per heavy atom. The molecule has 0 unspecified atom stereocenters. The molecular formula is C16H11FN2OS. The minimum Gasteiger partial charge on any atom is -0.453 e. The summed E-state index contributed by atoms with van der Waals surface area (Å²) in [6.45, 7) is 0. The molecule has 21 heavy (non-hydrogen) atoms. The molecule has 1 N–H and O–H groups in total. The second kappa shape index (κ2) is 5.51. The summed E-state index contributed by atoms with van der Waals surface area (Å²) in [5.74, 6) is 0.194. The number of thioether (sulfide) groups is 1. The highest BCUT2D eigenvalue weighted by atomic mass is 32.2. The second-order valence-corrected chi connectivity index (χ2v) is 5.22. The first kappa shape index (κ1) is 13.5. The van der Waals surface area contributed by atoms with Gasteiger partial charge < -0.3 is 9.72 Å². The van der Waals surface area contributed by atoms with Crippen molar-refractivity contribution in [2.24, 2.45) is 0 Å². The Hall–Kier alpha value is -2.45. The molecule has 0 bridgehead atoms. The number of hydrogen-bond donors (Lipinski definition) is 1. The number of nitriles is 1. The zero-order chi connectivity index (χ0) is 14.8. The Labute approximate surface area is 125 Å². The van der Waals surface area contributed by atoms with Gasteiger partial charge in [0.15, 0.2) is 11.6 Å². The van der Waals surface area contributed by atoms with Crippen molar-refractivity contribution in [1.29, 1.82) is 5.26 Å². The monoisotopic (exact) mass is 298 g/mol. The molecule has 2 aromatic carbocycles. The lowest BCUT2D eigenvalue weighted by molar-refractivity contribution is 0.432. The van der Waals surface area contributed by atoms with E-state index < -0.39 is 5.82 Å². The third-order valence-corrected chi connectivity index (χ3v) is 3.92. The molecule has 3 nitrogen and oxygen atoms in total. The van der Waals surface area contributed by atoms with E-state index in [0.717, 1.165) is 15.8 Å². The maximum Gasteiger partial charge on any atom is 0.177 e. The van der Waals surface area contributed by atoms with Crippen molar-refractivity contribution < 1.29 is 9.13 Å². The minimum absolute atomic E-state index is 0.185. The van der Waals surface area contributed by atoms with Gasteiger partial charge in [-0.3, -0.25) is 0 Å². The molecule has 0 saturated heterocycles. The van der Waals surface area contributed by atoms with Gasteiger partial charge in [0.2, 0.25) is 0 Å². The van der Waals surface area contributed by atoms with Crippen LogP contribution in [-0.4, -0.2) is 11.2 Å². The van der Waals surface area contributed by atoms with Crippen LogP contribution < -0.4 is 4.74 Å². The largest absolute Gasteiger partial charge is 0.453 e. The number of nitrogens with zero attached hydrogens (tertiary/aromatic N) is 1. The van der Waals surface area contributed by atoms with E-state index in [-0.39, 0.29) is 5.75 Å². The molecule has 0 radical (unpaired) electrons. The van der Waals surface area contributed by atoms with Gasteiger partial charge >= 0.3 is 0 Å². The van der Waals surface area contributed by atoms with Gasteiger partial charge in [0, 0.05) is 23.2 Å². The third-order valence-electron chi connectivity index (χ3n) is 3.11. The highest BCUT2D eigenvalue weighted by molar-refractivity contribution is 7.99. The van der Waals surface area contributed by atoms with Crippen LogP contribution in [-0.2, 0) is 0 Å². The molecule has 1 aromatic heterocycles. The number of fused-ring (bicyclic) bond motifs is 1. The number of nitrogens with one attached hydrogen (secondary N) is 1. The van der Waals surface area contributed by atoms with Crippen LogP contribution in [0.5, 0.6) is 11.5 Å². The molecule has 0 fully saturated rings. The minimum atomic E-state index is -0.434. The summed E-state index contributed by atoms with van der Waals surface area (Å²) in [6.07, 6.45) is 3.64. The molecule has 1 heterocycles. The maximum absolute atomic E-state index is 14.3. The molecule has 0 amide bonds. The van der Waals surface area contributed by atoms with Gasteiger partial charge in [-0.1, -0.05) is 6.07 Å². The molecule has 0 aliphatic rings. The Balaban J connectivity index is 2.11. The quantitative estimate of drug-likeness (QED) is 0.713. The second-order valence-electron chi connectivity index (χ2n) is 4.40. The first-order valence-corrected chi connectivity index (χ1v) is 7.47. The number of ether oxygens (including phenoxy) is 1.